The van der Waals surface area contributed by atoms with Crippen LogP contribution in [-0.4, -0.2) is 21.7 Å². The summed E-state index contributed by atoms with van der Waals surface area (Å²) in [6.45, 7) is 4.13. The molecule has 2 aliphatic rings. The van der Waals surface area contributed by atoms with Crippen LogP contribution in [0.3, 0.4) is 0 Å². The van der Waals surface area contributed by atoms with Crippen LogP contribution in [0.5, 0.6) is 0 Å². The van der Waals surface area contributed by atoms with Gasteiger partial charge in [0, 0.05) is 13.1 Å². The van der Waals surface area contributed by atoms with Gasteiger partial charge < -0.3 is 10.6 Å². The normalized spacial score (nSPS) is 30.2. The zero-order valence-electron chi connectivity index (χ0n) is 11.2. The number of rotatable bonds is 1. The Hall–Kier alpha value is -1.52. The Balaban J connectivity index is 2.09. The second-order valence-corrected chi connectivity index (χ2v) is 5.61. The molecule has 0 aromatic carbocycles. The maximum atomic E-state index is 12.5. The zero-order chi connectivity index (χ0) is 12.9. The number of fused-ring (bicyclic) bond motifs is 2. The highest BCUT2D eigenvalue weighted by Crippen LogP contribution is 2.44. The fraction of sp³-hybridized carbons (Fsp3) is 0.692. The molecule has 2 unspecified atom stereocenters. The van der Waals surface area contributed by atoms with Gasteiger partial charge in [-0.05, 0) is 26.2 Å². The van der Waals surface area contributed by atoms with Crippen molar-refractivity contribution in [3.63, 3.8) is 0 Å². The molecule has 1 fully saturated rings. The molecular weight excluding hydrogens is 228 g/mol. The molecule has 2 atom stereocenters. The fourth-order valence-corrected chi connectivity index (χ4v) is 3.21. The lowest BCUT2D eigenvalue weighted by atomic mass is 9.84. The van der Waals surface area contributed by atoms with Crippen LogP contribution < -0.4 is 10.6 Å². The number of nitrogens with zero attached hydrogens (tertiary/aromatic N) is 2. The summed E-state index contributed by atoms with van der Waals surface area (Å²) in [5.74, 6) is 1.09. The summed E-state index contributed by atoms with van der Waals surface area (Å²) in [6, 6.07) is 0.221. The van der Waals surface area contributed by atoms with Gasteiger partial charge in [-0.1, -0.05) is 13.3 Å². The Bertz CT molecular complexity index is 507. The first kappa shape index (κ1) is 11.6. The lowest BCUT2D eigenvalue weighted by Gasteiger charge is -2.28. The monoisotopic (exact) mass is 248 g/mol. The second-order valence-electron chi connectivity index (χ2n) is 5.61. The molecule has 0 saturated heterocycles. The summed E-state index contributed by atoms with van der Waals surface area (Å²) in [4.78, 5) is 12.5. The van der Waals surface area contributed by atoms with Crippen LogP contribution in [0.15, 0.2) is 0 Å². The van der Waals surface area contributed by atoms with Crippen LogP contribution >= 0.6 is 0 Å². The zero-order valence-corrected chi connectivity index (χ0v) is 11.2. The van der Waals surface area contributed by atoms with Gasteiger partial charge in [0.05, 0.1) is 11.1 Å². The largest absolute Gasteiger partial charge is 0.365 e. The van der Waals surface area contributed by atoms with E-state index in [9.17, 15) is 4.79 Å². The molecule has 3 rings (SSSR count). The number of hydrogen-bond donors (Lipinski definition) is 2. The molecule has 1 aromatic heterocycles. The Morgan fingerprint density at radius 2 is 2.33 bits per heavy atom. The smallest absolute Gasteiger partial charge is 0.232 e. The van der Waals surface area contributed by atoms with E-state index in [1.54, 1.807) is 0 Å². The summed E-state index contributed by atoms with van der Waals surface area (Å²) in [5, 5.41) is 11.1. The third-order valence-corrected chi connectivity index (χ3v) is 4.48. The van der Waals surface area contributed by atoms with Gasteiger partial charge in [-0.25, -0.2) is 0 Å². The molecule has 0 bridgehead atoms. The number of aromatic nitrogens is 2. The van der Waals surface area contributed by atoms with Gasteiger partial charge in [-0.3, -0.25) is 9.48 Å². The maximum absolute atomic E-state index is 12.5. The molecule has 1 amide bonds. The van der Waals surface area contributed by atoms with Crippen molar-refractivity contribution in [2.75, 3.05) is 10.6 Å². The van der Waals surface area contributed by atoms with Crippen molar-refractivity contribution in [2.45, 2.75) is 45.6 Å². The van der Waals surface area contributed by atoms with Crippen molar-refractivity contribution >= 4 is 17.4 Å². The van der Waals surface area contributed by atoms with E-state index in [0.29, 0.717) is 0 Å². The Labute approximate surface area is 107 Å². The first-order valence-corrected chi connectivity index (χ1v) is 6.70. The molecule has 0 radical (unpaired) electrons. The molecule has 5 heteroatoms. The van der Waals surface area contributed by atoms with E-state index in [4.69, 9.17) is 0 Å². The van der Waals surface area contributed by atoms with Crippen LogP contribution in [0.25, 0.3) is 0 Å². The topological polar surface area (TPSA) is 59.0 Å². The maximum Gasteiger partial charge on any atom is 0.232 e. The fourth-order valence-electron chi connectivity index (χ4n) is 3.21. The van der Waals surface area contributed by atoms with Gasteiger partial charge >= 0.3 is 0 Å². The molecule has 1 aliphatic heterocycles. The Morgan fingerprint density at radius 3 is 3.06 bits per heavy atom. The first-order chi connectivity index (χ1) is 8.56. The standard InChI is InChI=1S/C13H20N4O/c1-4-8-10-11(17(3)16-8)14-9-6-5-7-13(9,2)12(18)15-10/h9,14H,4-7H2,1-3H3,(H,15,18). The van der Waals surface area contributed by atoms with Gasteiger partial charge in [-0.2, -0.15) is 5.10 Å². The van der Waals surface area contributed by atoms with Crippen LogP contribution in [-0.2, 0) is 18.3 Å². The number of carbonyl (C=O) groups is 1. The minimum Gasteiger partial charge on any atom is -0.365 e. The molecular formula is C13H20N4O. The van der Waals surface area contributed by atoms with Gasteiger partial charge in [0.2, 0.25) is 5.91 Å². The van der Waals surface area contributed by atoms with Crippen molar-refractivity contribution in [3.8, 4) is 0 Å². The van der Waals surface area contributed by atoms with Gasteiger partial charge in [0.1, 0.15) is 11.5 Å². The van der Waals surface area contributed by atoms with Crippen molar-refractivity contribution in [1.29, 1.82) is 0 Å². The van der Waals surface area contributed by atoms with Crippen molar-refractivity contribution in [3.05, 3.63) is 5.69 Å². The summed E-state index contributed by atoms with van der Waals surface area (Å²) in [7, 11) is 1.93. The van der Waals surface area contributed by atoms with Crippen LogP contribution in [0, 0.1) is 5.41 Å². The molecule has 1 aliphatic carbocycles. The van der Waals surface area contributed by atoms with E-state index < -0.39 is 0 Å². The van der Waals surface area contributed by atoms with E-state index in [1.165, 1.54) is 0 Å². The van der Waals surface area contributed by atoms with E-state index in [1.807, 2.05) is 11.7 Å². The van der Waals surface area contributed by atoms with Crippen LogP contribution in [0.1, 0.15) is 38.8 Å². The number of nitrogens with one attached hydrogen (secondary N) is 2. The summed E-state index contributed by atoms with van der Waals surface area (Å²) < 4.78 is 1.85. The predicted octanol–water partition coefficient (Wildman–Crippen LogP) is 1.91. The van der Waals surface area contributed by atoms with E-state index in [2.05, 4.69) is 29.6 Å². The van der Waals surface area contributed by atoms with Gasteiger partial charge in [0.15, 0.2) is 0 Å². The summed E-state index contributed by atoms with van der Waals surface area (Å²) >= 11 is 0. The number of carbonyl (C=O) groups excluding carboxylic acids is 1. The quantitative estimate of drug-likeness (QED) is 0.798. The third kappa shape index (κ3) is 1.39. The van der Waals surface area contributed by atoms with Crippen molar-refractivity contribution < 1.29 is 4.79 Å². The molecule has 5 nitrogen and oxygen atoms in total. The molecule has 1 saturated carbocycles. The van der Waals surface area contributed by atoms with Gasteiger partial charge in [0.25, 0.3) is 0 Å². The average molecular weight is 248 g/mol. The van der Waals surface area contributed by atoms with Gasteiger partial charge in [-0.15, -0.1) is 0 Å². The molecule has 98 valence electrons. The SMILES string of the molecule is CCc1nn(C)c2c1NC(=O)C1(C)CCCC1N2. The lowest BCUT2D eigenvalue weighted by Crippen LogP contribution is -2.41. The predicted molar refractivity (Wildman–Crippen MR) is 70.6 cm³/mol. The minimum atomic E-state index is -0.288. The van der Waals surface area contributed by atoms with Crippen LogP contribution in [0.2, 0.25) is 0 Å². The first-order valence-electron chi connectivity index (χ1n) is 6.70. The number of hydrogen-bond acceptors (Lipinski definition) is 3. The number of aryl methyl sites for hydroxylation is 2. The minimum absolute atomic E-state index is 0.138. The summed E-state index contributed by atoms with van der Waals surface area (Å²) in [6.07, 6.45) is 3.94. The van der Waals surface area contributed by atoms with E-state index in [0.717, 1.165) is 42.9 Å². The van der Waals surface area contributed by atoms with E-state index >= 15 is 0 Å². The average Bonchev–Trinajstić information content (AvgIpc) is 2.82. The van der Waals surface area contributed by atoms with Crippen molar-refractivity contribution in [2.24, 2.45) is 12.5 Å². The second kappa shape index (κ2) is 3.73. The Morgan fingerprint density at radius 1 is 1.56 bits per heavy atom. The third-order valence-electron chi connectivity index (χ3n) is 4.48. The summed E-state index contributed by atoms with van der Waals surface area (Å²) in [5.41, 5.74) is 1.54. The molecule has 2 N–H and O–H groups in total. The molecule has 18 heavy (non-hydrogen) atoms. The highest BCUT2D eigenvalue weighted by Gasteiger charge is 2.47. The molecule has 0 spiro atoms. The Kier molecular flexibility index (Phi) is 2.40. The van der Waals surface area contributed by atoms with Crippen molar-refractivity contribution in [1.82, 2.24) is 9.78 Å². The lowest BCUT2D eigenvalue weighted by molar-refractivity contribution is -0.124. The number of anilines is 2. The van der Waals surface area contributed by atoms with Crippen LogP contribution in [0.4, 0.5) is 11.5 Å². The highest BCUT2D eigenvalue weighted by atomic mass is 16.2. The van der Waals surface area contributed by atoms with E-state index in [-0.39, 0.29) is 17.4 Å². The molecule has 2 heterocycles. The highest BCUT2D eigenvalue weighted by molar-refractivity contribution is 6.00. The number of amides is 1. The molecule has 1 aromatic rings.